The Labute approximate surface area is 82.5 Å². The van der Waals surface area contributed by atoms with E-state index >= 15 is 0 Å². The molecule has 4 N–H and O–H groups in total. The summed E-state index contributed by atoms with van der Waals surface area (Å²) in [6.07, 6.45) is 0. The van der Waals surface area contributed by atoms with Gasteiger partial charge in [0.1, 0.15) is 0 Å². The molecule has 1 amide bonds. The van der Waals surface area contributed by atoms with Gasteiger partial charge in [0.15, 0.2) is 11.6 Å². The molecule has 0 saturated heterocycles. The molecule has 0 spiro atoms. The minimum atomic E-state index is -1.55. The summed E-state index contributed by atoms with van der Waals surface area (Å²) >= 11 is 0. The van der Waals surface area contributed by atoms with Gasteiger partial charge in [0, 0.05) is 0 Å². The molecule has 0 aromatic heterocycles. The number of carboxylic acid groups (broad SMARTS) is 1. The van der Waals surface area contributed by atoms with Crippen LogP contribution in [0.3, 0.4) is 0 Å². The van der Waals surface area contributed by atoms with Crippen molar-refractivity contribution in [1.29, 1.82) is 0 Å². The molecule has 1 rings (SSSR count). The van der Waals surface area contributed by atoms with E-state index in [1.54, 1.807) is 0 Å². The summed E-state index contributed by atoms with van der Waals surface area (Å²) in [5, 5.41) is 8.62. The molecular formula is C8H6F2N2O3. The lowest BCUT2D eigenvalue weighted by molar-refractivity contribution is 0.0689. The third-order valence-corrected chi connectivity index (χ3v) is 1.68. The summed E-state index contributed by atoms with van der Waals surface area (Å²) in [7, 11) is 0. The van der Waals surface area contributed by atoms with Crippen LogP contribution in [-0.4, -0.2) is 17.0 Å². The Hall–Kier alpha value is -2.02. The van der Waals surface area contributed by atoms with Crippen LogP contribution in [0.5, 0.6) is 0 Å². The van der Waals surface area contributed by atoms with Crippen LogP contribution in [0.25, 0.3) is 0 Å². The topological polar surface area (TPSA) is 92.4 Å². The van der Waals surface area contributed by atoms with Crippen molar-refractivity contribution in [2.45, 2.75) is 0 Å². The van der Waals surface area contributed by atoms with Crippen LogP contribution in [0.4, 0.5) is 8.78 Å². The molecule has 0 heterocycles. The van der Waals surface area contributed by atoms with Crippen LogP contribution in [0.15, 0.2) is 12.1 Å². The number of amides is 1. The largest absolute Gasteiger partial charge is 0.478 e. The molecule has 15 heavy (non-hydrogen) atoms. The maximum Gasteiger partial charge on any atom is 0.336 e. The van der Waals surface area contributed by atoms with Crippen LogP contribution in [0, 0.1) is 11.6 Å². The van der Waals surface area contributed by atoms with Gasteiger partial charge < -0.3 is 5.11 Å². The minimum Gasteiger partial charge on any atom is -0.478 e. The molecule has 0 aliphatic heterocycles. The normalized spacial score (nSPS) is 9.80. The van der Waals surface area contributed by atoms with Crippen molar-refractivity contribution < 1.29 is 23.5 Å². The molecule has 0 unspecified atom stereocenters. The molecule has 0 radical (unpaired) electrons. The van der Waals surface area contributed by atoms with Gasteiger partial charge in [-0.25, -0.2) is 19.4 Å². The van der Waals surface area contributed by atoms with E-state index in [0.29, 0.717) is 6.07 Å². The van der Waals surface area contributed by atoms with Crippen molar-refractivity contribution in [3.63, 3.8) is 0 Å². The molecule has 5 nitrogen and oxygen atoms in total. The van der Waals surface area contributed by atoms with Crippen LogP contribution < -0.4 is 11.3 Å². The highest BCUT2D eigenvalue weighted by Gasteiger charge is 2.23. The van der Waals surface area contributed by atoms with E-state index in [4.69, 9.17) is 10.9 Å². The zero-order chi connectivity index (χ0) is 11.6. The van der Waals surface area contributed by atoms with Crippen LogP contribution in [-0.2, 0) is 0 Å². The number of nitrogens with one attached hydrogen (secondary N) is 1. The average Bonchev–Trinajstić information content (AvgIpc) is 2.20. The second-order valence-corrected chi connectivity index (χ2v) is 2.56. The summed E-state index contributed by atoms with van der Waals surface area (Å²) in [4.78, 5) is 21.6. The number of nitrogen functional groups attached to an aromatic ring is 1. The Morgan fingerprint density at radius 1 is 1.33 bits per heavy atom. The van der Waals surface area contributed by atoms with E-state index < -0.39 is 34.6 Å². The number of hydrogen-bond donors (Lipinski definition) is 3. The number of carboxylic acids is 1. The third kappa shape index (κ3) is 1.91. The predicted molar refractivity (Wildman–Crippen MR) is 45.0 cm³/mol. The number of hydrazine groups is 1. The van der Waals surface area contributed by atoms with E-state index in [0.717, 1.165) is 6.07 Å². The van der Waals surface area contributed by atoms with Gasteiger partial charge in [-0.1, -0.05) is 0 Å². The Balaban J connectivity index is 3.48. The van der Waals surface area contributed by atoms with Gasteiger partial charge in [0.05, 0.1) is 11.1 Å². The van der Waals surface area contributed by atoms with E-state index in [2.05, 4.69) is 0 Å². The molecule has 80 valence electrons. The van der Waals surface area contributed by atoms with Crippen molar-refractivity contribution in [3.8, 4) is 0 Å². The van der Waals surface area contributed by atoms with Gasteiger partial charge in [-0.15, -0.1) is 0 Å². The molecule has 7 heteroatoms. The number of carbonyl (C=O) groups is 2. The Bertz CT molecular complexity index is 434. The lowest BCUT2D eigenvalue weighted by Crippen LogP contribution is -2.32. The molecule has 1 aromatic rings. The van der Waals surface area contributed by atoms with Crippen LogP contribution in [0.1, 0.15) is 20.7 Å². The summed E-state index contributed by atoms with van der Waals surface area (Å²) < 4.78 is 25.8. The molecule has 1 aromatic carbocycles. The predicted octanol–water partition coefficient (Wildman–Crippen LogP) is 0.267. The maximum atomic E-state index is 13.1. The first-order chi connectivity index (χ1) is 6.99. The molecular weight excluding hydrogens is 210 g/mol. The number of benzene rings is 1. The van der Waals surface area contributed by atoms with Gasteiger partial charge in [0.25, 0.3) is 5.91 Å². The lowest BCUT2D eigenvalue weighted by atomic mass is 10.1. The Morgan fingerprint density at radius 2 is 1.93 bits per heavy atom. The molecule has 0 saturated carbocycles. The van der Waals surface area contributed by atoms with Gasteiger partial charge in [-0.2, -0.15) is 0 Å². The SMILES string of the molecule is NNC(=O)c1c(C(=O)O)ccc(F)c1F. The van der Waals surface area contributed by atoms with Crippen molar-refractivity contribution >= 4 is 11.9 Å². The quantitative estimate of drug-likeness (QED) is 0.375. The third-order valence-electron chi connectivity index (χ3n) is 1.68. The standard InChI is InChI=1S/C8H6F2N2O3/c9-4-2-1-3(8(14)15)5(6(4)10)7(13)12-11/h1-2H,11H2,(H,12,13)(H,14,15). The van der Waals surface area contributed by atoms with Gasteiger partial charge in [-0.3, -0.25) is 10.2 Å². The number of carbonyl (C=O) groups excluding carboxylic acids is 1. The number of nitrogens with two attached hydrogens (primary N) is 1. The summed E-state index contributed by atoms with van der Waals surface area (Å²) in [6, 6.07) is 1.40. The smallest absolute Gasteiger partial charge is 0.336 e. The average molecular weight is 216 g/mol. The van der Waals surface area contributed by atoms with E-state index in [-0.39, 0.29) is 0 Å². The zero-order valence-corrected chi connectivity index (χ0v) is 7.25. The number of rotatable bonds is 2. The van der Waals surface area contributed by atoms with Crippen molar-refractivity contribution in [1.82, 2.24) is 5.43 Å². The summed E-state index contributed by atoms with van der Waals surface area (Å²) in [5.41, 5.74) is -0.0460. The first kappa shape index (κ1) is 11.1. The zero-order valence-electron chi connectivity index (χ0n) is 7.25. The number of hydrogen-bond acceptors (Lipinski definition) is 3. The number of aromatic carboxylic acids is 1. The molecule has 0 atom stereocenters. The second kappa shape index (κ2) is 4.01. The monoisotopic (exact) mass is 216 g/mol. The Morgan fingerprint density at radius 3 is 2.40 bits per heavy atom. The summed E-state index contributed by atoms with van der Waals surface area (Å²) in [5.74, 6) is -0.907. The molecule has 0 aliphatic rings. The van der Waals surface area contributed by atoms with Gasteiger partial charge >= 0.3 is 5.97 Å². The molecule has 0 bridgehead atoms. The summed E-state index contributed by atoms with van der Waals surface area (Å²) in [6.45, 7) is 0. The fourth-order valence-corrected chi connectivity index (χ4v) is 1.02. The maximum absolute atomic E-state index is 13.1. The highest BCUT2D eigenvalue weighted by molar-refractivity contribution is 6.04. The lowest BCUT2D eigenvalue weighted by Gasteiger charge is -2.05. The van der Waals surface area contributed by atoms with Crippen molar-refractivity contribution in [3.05, 3.63) is 34.9 Å². The van der Waals surface area contributed by atoms with Crippen LogP contribution in [0.2, 0.25) is 0 Å². The van der Waals surface area contributed by atoms with Gasteiger partial charge in [0.2, 0.25) is 0 Å². The highest BCUT2D eigenvalue weighted by Crippen LogP contribution is 2.16. The Kier molecular flexibility index (Phi) is 2.96. The molecule has 0 fully saturated rings. The van der Waals surface area contributed by atoms with E-state index in [1.807, 2.05) is 0 Å². The fourth-order valence-electron chi connectivity index (χ4n) is 1.02. The second-order valence-electron chi connectivity index (χ2n) is 2.56. The van der Waals surface area contributed by atoms with Crippen molar-refractivity contribution in [2.24, 2.45) is 5.84 Å². The van der Waals surface area contributed by atoms with E-state index in [1.165, 1.54) is 5.43 Å². The molecule has 0 aliphatic carbocycles. The van der Waals surface area contributed by atoms with E-state index in [9.17, 15) is 18.4 Å². The van der Waals surface area contributed by atoms with Crippen LogP contribution >= 0.6 is 0 Å². The first-order valence-corrected chi connectivity index (χ1v) is 3.71. The first-order valence-electron chi connectivity index (χ1n) is 3.71. The minimum absolute atomic E-state index is 0.617. The highest BCUT2D eigenvalue weighted by atomic mass is 19.2. The fraction of sp³-hybridized carbons (Fsp3) is 0. The number of halogens is 2. The van der Waals surface area contributed by atoms with Crippen molar-refractivity contribution in [2.75, 3.05) is 0 Å². The van der Waals surface area contributed by atoms with Gasteiger partial charge in [-0.05, 0) is 12.1 Å².